The summed E-state index contributed by atoms with van der Waals surface area (Å²) in [6.45, 7) is 2.05. The van der Waals surface area contributed by atoms with Gasteiger partial charge in [-0.25, -0.2) is 10.0 Å². The summed E-state index contributed by atoms with van der Waals surface area (Å²) in [5.74, 6) is 0.971. The summed E-state index contributed by atoms with van der Waals surface area (Å²) in [5.41, 5.74) is 4.34. The van der Waals surface area contributed by atoms with Gasteiger partial charge in [-0.1, -0.05) is 0 Å². The van der Waals surface area contributed by atoms with Crippen molar-refractivity contribution in [2.24, 2.45) is 7.05 Å². The SMILES string of the molecule is CON(C)C(=O)c1ccc(Nc2nccc(N(C)c3ccc4c(C)n(C)nc4c3)n2)cc1. The number of rotatable bonds is 6. The predicted molar refractivity (Wildman–Crippen MR) is 124 cm³/mol. The van der Waals surface area contributed by atoms with Gasteiger partial charge in [-0.15, -0.1) is 0 Å². The molecule has 2 aromatic heterocycles. The second-order valence-electron chi connectivity index (χ2n) is 7.40. The van der Waals surface area contributed by atoms with E-state index in [1.807, 2.05) is 35.8 Å². The van der Waals surface area contributed by atoms with E-state index in [0.29, 0.717) is 11.5 Å². The van der Waals surface area contributed by atoms with Gasteiger partial charge in [-0.3, -0.25) is 14.3 Å². The number of hydrogen-bond acceptors (Lipinski definition) is 7. The molecule has 9 nitrogen and oxygen atoms in total. The first-order chi connectivity index (χ1) is 15.4. The monoisotopic (exact) mass is 431 g/mol. The Morgan fingerprint density at radius 1 is 1.09 bits per heavy atom. The molecule has 0 bridgehead atoms. The minimum atomic E-state index is -0.223. The Kier molecular flexibility index (Phi) is 5.74. The quantitative estimate of drug-likeness (QED) is 0.464. The number of hydrogen-bond donors (Lipinski definition) is 1. The number of fused-ring (bicyclic) bond motifs is 1. The molecule has 2 aromatic carbocycles. The topological polar surface area (TPSA) is 88.4 Å². The molecule has 0 atom stereocenters. The molecule has 0 saturated carbocycles. The van der Waals surface area contributed by atoms with Crippen LogP contribution in [0.5, 0.6) is 0 Å². The number of nitrogens with zero attached hydrogens (tertiary/aromatic N) is 6. The highest BCUT2D eigenvalue weighted by molar-refractivity contribution is 5.93. The molecule has 0 aliphatic carbocycles. The molecule has 0 unspecified atom stereocenters. The average molecular weight is 432 g/mol. The standard InChI is InChI=1S/C23H25N7O2/c1-15-19-11-10-18(14-20(19)27-29(15)3)28(2)21-12-13-24-23(26-21)25-17-8-6-16(7-9-17)22(31)30(4)32-5/h6-14H,1-5H3,(H,24,25,26). The van der Waals surface area contributed by atoms with Gasteiger partial charge in [0.1, 0.15) is 5.82 Å². The molecule has 1 amide bonds. The molecule has 4 aromatic rings. The van der Waals surface area contributed by atoms with Crippen molar-refractivity contribution in [1.82, 2.24) is 24.8 Å². The number of aromatic nitrogens is 4. The van der Waals surface area contributed by atoms with E-state index in [9.17, 15) is 4.79 Å². The van der Waals surface area contributed by atoms with Gasteiger partial charge in [0.25, 0.3) is 5.91 Å². The molecule has 1 N–H and O–H groups in total. The van der Waals surface area contributed by atoms with Crippen molar-refractivity contribution < 1.29 is 9.63 Å². The van der Waals surface area contributed by atoms with Gasteiger partial charge in [0.05, 0.1) is 12.6 Å². The van der Waals surface area contributed by atoms with Crippen molar-refractivity contribution in [1.29, 1.82) is 0 Å². The van der Waals surface area contributed by atoms with Crippen molar-refractivity contribution in [2.45, 2.75) is 6.92 Å². The van der Waals surface area contributed by atoms with Crippen LogP contribution in [-0.4, -0.2) is 51.9 Å². The van der Waals surface area contributed by atoms with Crippen molar-refractivity contribution >= 4 is 40.0 Å². The molecule has 0 spiro atoms. The third-order valence-electron chi connectivity index (χ3n) is 5.43. The summed E-state index contributed by atoms with van der Waals surface area (Å²) in [7, 11) is 6.91. The summed E-state index contributed by atoms with van der Waals surface area (Å²) in [4.78, 5) is 28.0. The van der Waals surface area contributed by atoms with Crippen LogP contribution >= 0.6 is 0 Å². The smallest absolute Gasteiger partial charge is 0.277 e. The van der Waals surface area contributed by atoms with Gasteiger partial charge in [-0.2, -0.15) is 10.1 Å². The fraction of sp³-hybridized carbons (Fsp3) is 0.217. The Morgan fingerprint density at radius 2 is 1.84 bits per heavy atom. The third kappa shape index (κ3) is 4.10. The van der Waals surface area contributed by atoms with Crippen LogP contribution in [0.15, 0.2) is 54.7 Å². The van der Waals surface area contributed by atoms with Gasteiger partial charge in [0.15, 0.2) is 0 Å². The molecule has 0 fully saturated rings. The van der Waals surface area contributed by atoms with Crippen molar-refractivity contribution in [3.63, 3.8) is 0 Å². The van der Waals surface area contributed by atoms with Crippen molar-refractivity contribution in [3.05, 3.63) is 66.0 Å². The van der Waals surface area contributed by atoms with E-state index in [2.05, 4.69) is 39.4 Å². The van der Waals surface area contributed by atoms with Crippen molar-refractivity contribution in [2.75, 3.05) is 31.4 Å². The van der Waals surface area contributed by atoms with Gasteiger partial charge < -0.3 is 10.2 Å². The van der Waals surface area contributed by atoms with Crippen LogP contribution < -0.4 is 10.2 Å². The van der Waals surface area contributed by atoms with Gasteiger partial charge in [-0.05, 0) is 55.5 Å². The highest BCUT2D eigenvalue weighted by atomic mass is 16.7. The molecule has 0 aliphatic rings. The molecule has 32 heavy (non-hydrogen) atoms. The Balaban J connectivity index is 1.53. The lowest BCUT2D eigenvalue weighted by molar-refractivity contribution is -0.0756. The Morgan fingerprint density at radius 3 is 2.56 bits per heavy atom. The maximum atomic E-state index is 12.1. The number of nitrogens with one attached hydrogen (secondary N) is 1. The van der Waals surface area contributed by atoms with Gasteiger partial charge >= 0.3 is 0 Å². The van der Waals surface area contributed by atoms with Crippen LogP contribution in [0.3, 0.4) is 0 Å². The number of carbonyl (C=O) groups excluding carboxylic acids is 1. The molecule has 0 aliphatic heterocycles. The molecule has 4 rings (SSSR count). The molecule has 164 valence electrons. The zero-order valence-electron chi connectivity index (χ0n) is 18.7. The third-order valence-corrected chi connectivity index (χ3v) is 5.43. The minimum Gasteiger partial charge on any atom is -0.329 e. The van der Waals surface area contributed by atoms with Gasteiger partial charge in [0.2, 0.25) is 5.95 Å². The van der Waals surface area contributed by atoms with Crippen LogP contribution in [0.1, 0.15) is 16.1 Å². The average Bonchev–Trinajstić information content (AvgIpc) is 3.11. The number of benzene rings is 2. The lowest BCUT2D eigenvalue weighted by Crippen LogP contribution is -2.25. The number of hydroxylamine groups is 2. The van der Waals surface area contributed by atoms with Crippen LogP contribution in [0.25, 0.3) is 10.9 Å². The fourth-order valence-corrected chi connectivity index (χ4v) is 3.35. The Hall–Kier alpha value is -3.98. The first kappa shape index (κ1) is 21.3. The number of carbonyl (C=O) groups is 1. The first-order valence-electron chi connectivity index (χ1n) is 10.1. The van der Waals surface area contributed by atoms with E-state index in [4.69, 9.17) is 4.84 Å². The maximum Gasteiger partial charge on any atom is 0.277 e. The van der Waals surface area contributed by atoms with E-state index in [1.54, 1.807) is 37.5 Å². The summed E-state index contributed by atoms with van der Waals surface area (Å²) < 4.78 is 1.88. The largest absolute Gasteiger partial charge is 0.329 e. The second-order valence-corrected chi connectivity index (χ2v) is 7.40. The molecular weight excluding hydrogens is 406 g/mol. The van der Waals surface area contributed by atoms with E-state index in [0.717, 1.165) is 33.8 Å². The van der Waals surface area contributed by atoms with Crippen LogP contribution in [0.2, 0.25) is 0 Å². The highest BCUT2D eigenvalue weighted by Crippen LogP contribution is 2.27. The molecule has 0 saturated heterocycles. The van der Waals surface area contributed by atoms with Crippen molar-refractivity contribution in [3.8, 4) is 0 Å². The fourth-order valence-electron chi connectivity index (χ4n) is 3.35. The molecule has 9 heteroatoms. The molecular formula is C23H25N7O2. The van der Waals surface area contributed by atoms with Gasteiger partial charge in [0, 0.05) is 55.4 Å². The summed E-state index contributed by atoms with van der Waals surface area (Å²) in [6, 6.07) is 15.1. The highest BCUT2D eigenvalue weighted by Gasteiger charge is 2.13. The molecule has 0 radical (unpaired) electrons. The van der Waals surface area contributed by atoms with Crippen LogP contribution in [0, 0.1) is 6.92 Å². The van der Waals surface area contributed by atoms with E-state index in [1.165, 1.54) is 12.2 Å². The minimum absolute atomic E-state index is 0.223. The predicted octanol–water partition coefficient (Wildman–Crippen LogP) is 3.82. The number of amides is 1. The normalized spacial score (nSPS) is 10.9. The lowest BCUT2D eigenvalue weighted by atomic mass is 10.2. The van der Waals surface area contributed by atoms with E-state index >= 15 is 0 Å². The second kappa shape index (κ2) is 8.64. The zero-order valence-corrected chi connectivity index (χ0v) is 18.7. The maximum absolute atomic E-state index is 12.1. The van der Waals surface area contributed by atoms with Crippen LogP contribution in [0.4, 0.5) is 23.1 Å². The molecule has 2 heterocycles. The van der Waals surface area contributed by atoms with Crippen LogP contribution in [-0.2, 0) is 11.9 Å². The summed E-state index contributed by atoms with van der Waals surface area (Å²) in [6.07, 6.45) is 1.70. The Labute approximate surface area is 186 Å². The Bertz CT molecular complexity index is 1270. The first-order valence-corrected chi connectivity index (χ1v) is 10.1. The number of aryl methyl sites for hydroxylation is 2. The summed E-state index contributed by atoms with van der Waals surface area (Å²) in [5, 5.41) is 10.1. The number of anilines is 4. The lowest BCUT2D eigenvalue weighted by Gasteiger charge is -2.19. The van der Waals surface area contributed by atoms with E-state index in [-0.39, 0.29) is 5.91 Å². The van der Waals surface area contributed by atoms with E-state index < -0.39 is 0 Å². The summed E-state index contributed by atoms with van der Waals surface area (Å²) >= 11 is 0. The zero-order chi connectivity index (χ0) is 22.8.